The van der Waals surface area contributed by atoms with Crippen LogP contribution in [0.25, 0.3) is 0 Å². The lowest BCUT2D eigenvalue weighted by Crippen LogP contribution is -2.46. The highest BCUT2D eigenvalue weighted by atomic mass is 35.5. The molecule has 13 heteroatoms. The van der Waals surface area contributed by atoms with E-state index in [0.29, 0.717) is 17.5 Å². The van der Waals surface area contributed by atoms with Gasteiger partial charge in [0.2, 0.25) is 5.91 Å². The largest absolute Gasteiger partial charge is 0.363 e. The lowest BCUT2D eigenvalue weighted by molar-refractivity contribution is -0.122. The molecule has 1 aliphatic heterocycles. The Hall–Kier alpha value is -3.02. The predicted molar refractivity (Wildman–Crippen MR) is 162 cm³/mol. The summed E-state index contributed by atoms with van der Waals surface area (Å²) in [7, 11) is -4.26. The molecular formula is C28H31Cl3N4O5S. The second-order valence-corrected chi connectivity index (χ2v) is 12.0. The number of piperidine rings is 1. The summed E-state index contributed by atoms with van der Waals surface area (Å²) in [4.78, 5) is 30.9. The van der Waals surface area contributed by atoms with Crippen molar-refractivity contribution in [3.63, 3.8) is 0 Å². The van der Waals surface area contributed by atoms with E-state index in [1.54, 1.807) is 37.3 Å². The van der Waals surface area contributed by atoms with E-state index >= 15 is 0 Å². The average molecular weight is 642 g/mol. The van der Waals surface area contributed by atoms with Crippen molar-refractivity contribution in [3.8, 4) is 5.75 Å². The van der Waals surface area contributed by atoms with Crippen molar-refractivity contribution in [2.45, 2.75) is 30.7 Å². The van der Waals surface area contributed by atoms with Crippen LogP contribution in [0.15, 0.2) is 77.7 Å². The van der Waals surface area contributed by atoms with Gasteiger partial charge in [-0.15, -0.1) is 12.4 Å². The summed E-state index contributed by atoms with van der Waals surface area (Å²) in [6, 6.07) is 17.2. The minimum absolute atomic E-state index is 0. The fourth-order valence-electron chi connectivity index (χ4n) is 4.13. The van der Waals surface area contributed by atoms with Gasteiger partial charge in [0.05, 0.1) is 15.6 Å². The van der Waals surface area contributed by atoms with Crippen LogP contribution in [0.2, 0.25) is 10.0 Å². The Balaban J connectivity index is 0.00000462. The number of carbonyl (C=O) groups is 2. The topological polar surface area (TPSA) is 117 Å². The maximum atomic E-state index is 13.6. The maximum Gasteiger partial charge on any atom is 0.295 e. The van der Waals surface area contributed by atoms with E-state index in [-0.39, 0.29) is 45.2 Å². The molecule has 0 bridgehead atoms. The molecule has 9 nitrogen and oxygen atoms in total. The van der Waals surface area contributed by atoms with E-state index in [4.69, 9.17) is 28.0 Å². The van der Waals surface area contributed by atoms with Gasteiger partial charge in [-0.3, -0.25) is 9.59 Å². The predicted octanol–water partition coefficient (Wildman–Crippen LogP) is 4.84. The number of carbonyl (C=O) groups excluding carboxylic acids is 2. The summed E-state index contributed by atoms with van der Waals surface area (Å²) in [5.74, 6) is -0.278. The molecule has 220 valence electrons. The fraction of sp³-hybridized carbons (Fsp3) is 0.286. The number of sulfonamides is 1. The summed E-state index contributed by atoms with van der Waals surface area (Å²) < 4.78 is 28.0. The number of anilines is 1. The third-order valence-electron chi connectivity index (χ3n) is 6.44. The van der Waals surface area contributed by atoms with Crippen LogP contribution in [0.1, 0.15) is 30.1 Å². The van der Waals surface area contributed by atoms with Crippen molar-refractivity contribution in [2.24, 2.45) is 5.92 Å². The van der Waals surface area contributed by atoms with E-state index in [0.717, 1.165) is 30.4 Å². The normalized spacial score (nSPS) is 14.3. The first-order chi connectivity index (χ1) is 19.1. The molecule has 2 amide bonds. The molecule has 1 saturated heterocycles. The third-order valence-corrected chi connectivity index (χ3v) is 8.56. The van der Waals surface area contributed by atoms with E-state index in [1.807, 2.05) is 0 Å². The van der Waals surface area contributed by atoms with Gasteiger partial charge >= 0.3 is 0 Å². The van der Waals surface area contributed by atoms with Gasteiger partial charge in [-0.2, -0.15) is 8.42 Å². The zero-order valence-electron chi connectivity index (χ0n) is 22.2. The Morgan fingerprint density at radius 1 is 1.02 bits per heavy atom. The maximum absolute atomic E-state index is 13.6. The van der Waals surface area contributed by atoms with Gasteiger partial charge < -0.3 is 20.8 Å². The molecular weight excluding hydrogens is 611 g/mol. The molecule has 3 N–H and O–H groups in total. The molecule has 1 aliphatic rings. The molecule has 0 spiro atoms. The Morgan fingerprint density at radius 3 is 2.32 bits per heavy atom. The molecule has 0 aliphatic carbocycles. The number of nitrogens with one attached hydrogen (secondary N) is 3. The van der Waals surface area contributed by atoms with E-state index in [2.05, 4.69) is 16.0 Å². The molecule has 0 radical (unpaired) electrons. The van der Waals surface area contributed by atoms with Crippen LogP contribution in [0.4, 0.5) is 5.69 Å². The van der Waals surface area contributed by atoms with E-state index in [1.165, 1.54) is 42.5 Å². The van der Waals surface area contributed by atoms with Crippen molar-refractivity contribution >= 4 is 63.1 Å². The van der Waals surface area contributed by atoms with Gasteiger partial charge in [-0.1, -0.05) is 45.9 Å². The number of rotatable bonds is 10. The van der Waals surface area contributed by atoms with E-state index in [9.17, 15) is 18.0 Å². The third kappa shape index (κ3) is 8.50. The van der Waals surface area contributed by atoms with Gasteiger partial charge in [-0.25, -0.2) is 0 Å². The van der Waals surface area contributed by atoms with Crippen molar-refractivity contribution in [2.75, 3.05) is 24.1 Å². The first-order valence-corrected chi connectivity index (χ1v) is 15.0. The summed E-state index contributed by atoms with van der Waals surface area (Å²) in [5, 5.41) is 9.34. The SMILES string of the molecule is C[C@H](NC(=O)c1ccc(S(=O)(=O)N(Oc2ccc(Cl)cc2Cl)c2ccccc2)cc1)C(=O)NCC1CCNCC1.Cl. The van der Waals surface area contributed by atoms with Crippen molar-refractivity contribution in [1.29, 1.82) is 0 Å². The summed E-state index contributed by atoms with van der Waals surface area (Å²) in [6.45, 7) is 4.03. The van der Waals surface area contributed by atoms with Crippen molar-refractivity contribution < 1.29 is 22.8 Å². The van der Waals surface area contributed by atoms with Gasteiger partial charge in [0.25, 0.3) is 15.9 Å². The Bertz CT molecular complexity index is 1440. The van der Waals surface area contributed by atoms with Crippen LogP contribution in [0.5, 0.6) is 5.75 Å². The second kappa shape index (κ2) is 14.7. The lowest BCUT2D eigenvalue weighted by atomic mass is 9.98. The van der Waals surface area contributed by atoms with Gasteiger partial charge in [0.15, 0.2) is 5.75 Å². The Morgan fingerprint density at radius 2 is 1.68 bits per heavy atom. The van der Waals surface area contributed by atoms with Crippen molar-refractivity contribution in [3.05, 3.63) is 88.4 Å². The molecule has 41 heavy (non-hydrogen) atoms. The van der Waals surface area contributed by atoms with Crippen molar-refractivity contribution in [1.82, 2.24) is 16.0 Å². The highest BCUT2D eigenvalue weighted by Gasteiger charge is 2.29. The minimum atomic E-state index is -4.26. The first-order valence-electron chi connectivity index (χ1n) is 12.8. The van der Waals surface area contributed by atoms with Crippen LogP contribution in [0, 0.1) is 5.92 Å². The highest BCUT2D eigenvalue weighted by Crippen LogP contribution is 2.32. The molecule has 1 atom stereocenters. The molecule has 3 aromatic carbocycles. The molecule has 0 saturated carbocycles. The number of benzene rings is 3. The molecule has 0 aromatic heterocycles. The van der Waals surface area contributed by atoms with Gasteiger partial charge in [-0.05, 0) is 93.4 Å². The molecule has 1 fully saturated rings. The lowest BCUT2D eigenvalue weighted by Gasteiger charge is -2.24. The van der Waals surface area contributed by atoms with E-state index < -0.39 is 22.0 Å². The quantitative estimate of drug-likeness (QED) is 0.273. The number of nitrogens with zero attached hydrogens (tertiary/aromatic N) is 1. The standard InChI is InChI=1S/C28H30Cl2N4O5S.ClH/c1-19(27(35)32-18-20-13-15-31-16-14-20)33-28(36)21-7-10-24(11-8-21)40(37,38)34(23-5-3-2-4-6-23)39-26-12-9-22(29)17-25(26)30;/h2-12,17,19-20,31H,13-16,18H2,1H3,(H,32,35)(H,33,36);1H/t19-;/m0./s1. The molecule has 1 heterocycles. The number of hydrogen-bond donors (Lipinski definition) is 3. The number of halogens is 3. The Labute approximate surface area is 256 Å². The first kappa shape index (κ1) is 32.5. The monoisotopic (exact) mass is 640 g/mol. The summed E-state index contributed by atoms with van der Waals surface area (Å²) in [5.41, 5.74) is 0.435. The van der Waals surface area contributed by atoms with Gasteiger partial charge in [0, 0.05) is 17.1 Å². The highest BCUT2D eigenvalue weighted by molar-refractivity contribution is 7.92. The number of amides is 2. The molecule has 3 aromatic rings. The second-order valence-electron chi connectivity index (χ2n) is 9.39. The average Bonchev–Trinajstić information content (AvgIpc) is 2.96. The van der Waals surface area contributed by atoms with Crippen LogP contribution in [0.3, 0.4) is 0 Å². The minimum Gasteiger partial charge on any atom is -0.363 e. The van der Waals surface area contributed by atoms with Crippen LogP contribution >= 0.6 is 35.6 Å². The summed E-state index contributed by atoms with van der Waals surface area (Å²) >= 11 is 12.2. The zero-order valence-corrected chi connectivity index (χ0v) is 25.3. The smallest absolute Gasteiger partial charge is 0.295 e. The molecule has 0 unspecified atom stereocenters. The number of hydrogen-bond acceptors (Lipinski definition) is 6. The Kier molecular flexibility index (Phi) is 11.7. The molecule has 4 rings (SSSR count). The summed E-state index contributed by atoms with van der Waals surface area (Å²) in [6.07, 6.45) is 1.99. The van der Waals surface area contributed by atoms with Crippen LogP contribution in [-0.4, -0.2) is 45.9 Å². The van der Waals surface area contributed by atoms with Crippen LogP contribution in [-0.2, 0) is 14.8 Å². The zero-order chi connectivity index (χ0) is 28.7. The van der Waals surface area contributed by atoms with Gasteiger partial charge in [0.1, 0.15) is 6.04 Å². The van der Waals surface area contributed by atoms with Crippen LogP contribution < -0.4 is 25.3 Å². The fourth-order valence-corrected chi connectivity index (χ4v) is 5.82. The number of para-hydroxylation sites is 1.